The van der Waals surface area contributed by atoms with Crippen LogP contribution in [0.1, 0.15) is 27.3 Å². The predicted octanol–water partition coefficient (Wildman–Crippen LogP) is 1.80. The van der Waals surface area contributed by atoms with Gasteiger partial charge in [-0.25, -0.2) is 0 Å². The van der Waals surface area contributed by atoms with Gasteiger partial charge in [-0.3, -0.25) is 4.79 Å². The number of amides is 1. The molecule has 3 N–H and O–H groups in total. The number of nitrogens with zero attached hydrogens (tertiary/aromatic N) is 3. The number of hydrogen-bond donors (Lipinski definition) is 2. The fourth-order valence-corrected chi connectivity index (χ4v) is 1.73. The number of hydrogen-bond acceptors (Lipinski definition) is 5. The van der Waals surface area contributed by atoms with Gasteiger partial charge in [0, 0.05) is 5.69 Å². The van der Waals surface area contributed by atoms with Crippen molar-refractivity contribution < 1.29 is 4.79 Å². The van der Waals surface area contributed by atoms with Gasteiger partial charge < -0.3 is 11.1 Å². The van der Waals surface area contributed by atoms with E-state index in [4.69, 9.17) is 11.0 Å². The lowest BCUT2D eigenvalue weighted by molar-refractivity contribution is 0.102. The molecule has 1 amide bonds. The second kappa shape index (κ2) is 5.36. The molecule has 0 spiro atoms. The van der Waals surface area contributed by atoms with Gasteiger partial charge in [0.2, 0.25) is 0 Å². The van der Waals surface area contributed by atoms with Crippen LogP contribution in [-0.4, -0.2) is 16.1 Å². The highest BCUT2D eigenvalue weighted by atomic mass is 16.1. The average Bonchev–Trinajstić information content (AvgIpc) is 2.43. The molecule has 0 atom stereocenters. The van der Waals surface area contributed by atoms with Gasteiger partial charge in [-0.05, 0) is 38.1 Å². The Hall–Kier alpha value is -2.94. The van der Waals surface area contributed by atoms with Crippen molar-refractivity contribution in [1.82, 2.24) is 10.2 Å². The fourth-order valence-electron chi connectivity index (χ4n) is 1.73. The van der Waals surface area contributed by atoms with E-state index in [1.165, 1.54) is 6.07 Å². The van der Waals surface area contributed by atoms with Crippen molar-refractivity contribution in [2.45, 2.75) is 13.8 Å². The summed E-state index contributed by atoms with van der Waals surface area (Å²) in [6.07, 6.45) is 0. The summed E-state index contributed by atoms with van der Waals surface area (Å²) in [7, 11) is 0. The first kappa shape index (κ1) is 13.5. The highest BCUT2D eigenvalue weighted by molar-refractivity contribution is 6.05. The molecule has 0 saturated carbocycles. The van der Waals surface area contributed by atoms with Crippen LogP contribution in [0.5, 0.6) is 0 Å². The van der Waals surface area contributed by atoms with Gasteiger partial charge in [-0.15, -0.1) is 0 Å². The normalized spacial score (nSPS) is 9.85. The molecule has 0 aliphatic carbocycles. The Labute approximate surface area is 116 Å². The minimum absolute atomic E-state index is 0.315. The molecule has 1 heterocycles. The van der Waals surface area contributed by atoms with Crippen LogP contribution >= 0.6 is 0 Å². The van der Waals surface area contributed by atoms with Crippen LogP contribution in [0.3, 0.4) is 0 Å². The van der Waals surface area contributed by atoms with Crippen LogP contribution in [0.4, 0.5) is 11.4 Å². The Bertz CT molecular complexity index is 718. The number of nitrogens with two attached hydrogens (primary N) is 1. The molecule has 1 aromatic heterocycles. The summed E-state index contributed by atoms with van der Waals surface area (Å²) in [6, 6.07) is 8.39. The zero-order valence-electron chi connectivity index (χ0n) is 11.1. The van der Waals surface area contributed by atoms with Gasteiger partial charge in [-0.2, -0.15) is 15.5 Å². The van der Waals surface area contributed by atoms with Crippen LogP contribution in [0, 0.1) is 25.2 Å². The zero-order valence-corrected chi connectivity index (χ0v) is 11.1. The summed E-state index contributed by atoms with van der Waals surface area (Å²) in [5.41, 5.74) is 8.42. The smallest absolute Gasteiger partial charge is 0.257 e. The van der Waals surface area contributed by atoms with E-state index in [1.54, 1.807) is 32.0 Å². The summed E-state index contributed by atoms with van der Waals surface area (Å²) >= 11 is 0. The minimum Gasteiger partial charge on any atom is -0.399 e. The highest BCUT2D eigenvalue weighted by Gasteiger charge is 2.13. The molecule has 0 saturated heterocycles. The first-order chi connectivity index (χ1) is 9.51. The third-order valence-electron chi connectivity index (χ3n) is 2.76. The SMILES string of the molecule is Cc1cc(C(=O)Nc2ccc(N)cc2C#N)c(C)nn1. The van der Waals surface area contributed by atoms with Gasteiger partial charge in [-0.1, -0.05) is 0 Å². The minimum atomic E-state index is -0.332. The lowest BCUT2D eigenvalue weighted by Crippen LogP contribution is -2.16. The largest absolute Gasteiger partial charge is 0.399 e. The topological polar surface area (TPSA) is 105 Å². The maximum Gasteiger partial charge on any atom is 0.257 e. The van der Waals surface area contributed by atoms with E-state index in [-0.39, 0.29) is 5.91 Å². The lowest BCUT2D eigenvalue weighted by Gasteiger charge is -2.09. The van der Waals surface area contributed by atoms with E-state index in [2.05, 4.69) is 15.5 Å². The van der Waals surface area contributed by atoms with E-state index < -0.39 is 0 Å². The standard InChI is InChI=1S/C14H13N5O/c1-8-5-12(9(2)19-18-8)14(20)17-13-4-3-11(16)6-10(13)7-15/h3-6H,16H2,1-2H3,(H,17,20). The van der Waals surface area contributed by atoms with E-state index in [1.807, 2.05) is 6.07 Å². The van der Waals surface area contributed by atoms with Crippen molar-refractivity contribution >= 4 is 17.3 Å². The fraction of sp³-hybridized carbons (Fsp3) is 0.143. The molecule has 6 nitrogen and oxygen atoms in total. The summed E-state index contributed by atoms with van der Waals surface area (Å²) in [5.74, 6) is -0.332. The third-order valence-corrected chi connectivity index (χ3v) is 2.76. The maximum atomic E-state index is 12.2. The molecule has 0 radical (unpaired) electrons. The summed E-state index contributed by atoms with van der Waals surface area (Å²) in [4.78, 5) is 12.2. The van der Waals surface area contributed by atoms with Gasteiger partial charge in [0.25, 0.3) is 5.91 Å². The number of aromatic nitrogens is 2. The number of carbonyl (C=O) groups excluding carboxylic acids is 1. The van der Waals surface area contributed by atoms with Crippen LogP contribution < -0.4 is 11.1 Å². The predicted molar refractivity (Wildman–Crippen MR) is 75.0 cm³/mol. The molecule has 0 unspecified atom stereocenters. The highest BCUT2D eigenvalue weighted by Crippen LogP contribution is 2.19. The van der Waals surface area contributed by atoms with Crippen molar-refractivity contribution in [3.8, 4) is 6.07 Å². The number of nitrogens with one attached hydrogen (secondary N) is 1. The Morgan fingerprint density at radius 1 is 1.30 bits per heavy atom. The molecular weight excluding hydrogens is 254 g/mol. The van der Waals surface area contributed by atoms with Crippen LogP contribution in [0.25, 0.3) is 0 Å². The molecule has 0 aliphatic heterocycles. The van der Waals surface area contributed by atoms with E-state index in [0.717, 1.165) is 0 Å². The number of aryl methyl sites for hydroxylation is 2. The first-order valence-electron chi connectivity index (χ1n) is 5.93. The molecule has 0 bridgehead atoms. The molecule has 20 heavy (non-hydrogen) atoms. The van der Waals surface area contributed by atoms with Crippen molar-refractivity contribution in [2.75, 3.05) is 11.1 Å². The molecule has 2 rings (SSSR count). The lowest BCUT2D eigenvalue weighted by atomic mass is 10.1. The molecular formula is C14H13N5O. The third kappa shape index (κ3) is 2.72. The first-order valence-corrected chi connectivity index (χ1v) is 5.93. The van der Waals surface area contributed by atoms with Gasteiger partial charge in [0.1, 0.15) is 6.07 Å². The number of rotatable bonds is 2. The molecule has 0 aliphatic rings. The van der Waals surface area contributed by atoms with Gasteiger partial charge in [0.05, 0.1) is 28.2 Å². The van der Waals surface area contributed by atoms with E-state index in [9.17, 15) is 4.79 Å². The number of anilines is 2. The van der Waals surface area contributed by atoms with Gasteiger partial charge >= 0.3 is 0 Å². The monoisotopic (exact) mass is 267 g/mol. The van der Waals surface area contributed by atoms with Crippen molar-refractivity contribution in [3.05, 3.63) is 46.8 Å². The molecule has 100 valence electrons. The molecule has 6 heteroatoms. The quantitative estimate of drug-likeness (QED) is 0.807. The average molecular weight is 267 g/mol. The van der Waals surface area contributed by atoms with Crippen LogP contribution in [-0.2, 0) is 0 Å². The Balaban J connectivity index is 2.33. The summed E-state index contributed by atoms with van der Waals surface area (Å²) in [5, 5.41) is 19.5. The number of nitriles is 1. The van der Waals surface area contributed by atoms with Crippen molar-refractivity contribution in [3.63, 3.8) is 0 Å². The second-order valence-corrected chi connectivity index (χ2v) is 4.36. The van der Waals surface area contributed by atoms with E-state index in [0.29, 0.717) is 33.9 Å². The van der Waals surface area contributed by atoms with Crippen molar-refractivity contribution in [2.24, 2.45) is 0 Å². The molecule has 1 aromatic carbocycles. The Morgan fingerprint density at radius 3 is 2.75 bits per heavy atom. The second-order valence-electron chi connectivity index (χ2n) is 4.36. The zero-order chi connectivity index (χ0) is 14.7. The maximum absolute atomic E-state index is 12.2. The van der Waals surface area contributed by atoms with Gasteiger partial charge in [0.15, 0.2) is 0 Å². The van der Waals surface area contributed by atoms with E-state index >= 15 is 0 Å². The van der Waals surface area contributed by atoms with Crippen LogP contribution in [0.15, 0.2) is 24.3 Å². The number of benzene rings is 1. The number of carbonyl (C=O) groups is 1. The summed E-state index contributed by atoms with van der Waals surface area (Å²) in [6.45, 7) is 3.46. The Kier molecular flexibility index (Phi) is 3.62. The molecule has 2 aromatic rings. The Morgan fingerprint density at radius 2 is 2.05 bits per heavy atom. The van der Waals surface area contributed by atoms with Crippen LogP contribution in [0.2, 0.25) is 0 Å². The van der Waals surface area contributed by atoms with Crippen molar-refractivity contribution in [1.29, 1.82) is 5.26 Å². The number of nitrogen functional groups attached to an aromatic ring is 1. The summed E-state index contributed by atoms with van der Waals surface area (Å²) < 4.78 is 0. The molecule has 0 fully saturated rings.